The van der Waals surface area contributed by atoms with Crippen LogP contribution in [0, 0.1) is 6.92 Å². The van der Waals surface area contributed by atoms with Gasteiger partial charge in [0.15, 0.2) is 0 Å². The van der Waals surface area contributed by atoms with Crippen molar-refractivity contribution in [1.29, 1.82) is 0 Å². The molecule has 2 bridgehead atoms. The number of anilines is 1. The molecule has 1 amide bonds. The van der Waals surface area contributed by atoms with Gasteiger partial charge in [-0.25, -0.2) is 8.42 Å². The summed E-state index contributed by atoms with van der Waals surface area (Å²) in [6.07, 6.45) is 4.39. The van der Waals surface area contributed by atoms with E-state index in [4.69, 9.17) is 0 Å². The van der Waals surface area contributed by atoms with Gasteiger partial charge in [0, 0.05) is 30.7 Å². The van der Waals surface area contributed by atoms with Crippen molar-refractivity contribution < 1.29 is 13.2 Å². The lowest BCUT2D eigenvalue weighted by Gasteiger charge is -2.24. The summed E-state index contributed by atoms with van der Waals surface area (Å²) in [5.41, 5.74) is 1.79. The van der Waals surface area contributed by atoms with Gasteiger partial charge in [0.1, 0.15) is 0 Å². The van der Waals surface area contributed by atoms with Gasteiger partial charge in [0.2, 0.25) is 10.0 Å². The number of likely N-dealkylation sites (tertiary alicyclic amines) is 1. The van der Waals surface area contributed by atoms with Gasteiger partial charge in [-0.05, 0) is 43.9 Å². The SMILES string of the molecule is Cc1ccc(C(=O)N2CCC3CCC(C2)N3)cc1NS(C)(=O)=O. The van der Waals surface area contributed by atoms with Crippen LogP contribution in [0.15, 0.2) is 18.2 Å². The Balaban J connectivity index is 1.80. The molecule has 23 heavy (non-hydrogen) atoms. The first-order valence-corrected chi connectivity index (χ1v) is 9.85. The van der Waals surface area contributed by atoms with E-state index in [2.05, 4.69) is 10.0 Å². The number of hydrogen-bond acceptors (Lipinski definition) is 4. The van der Waals surface area contributed by atoms with Crippen molar-refractivity contribution >= 4 is 21.6 Å². The fourth-order valence-corrected chi connectivity index (χ4v) is 3.99. The van der Waals surface area contributed by atoms with Gasteiger partial charge in [-0.2, -0.15) is 0 Å². The molecule has 0 spiro atoms. The van der Waals surface area contributed by atoms with Crippen LogP contribution < -0.4 is 10.0 Å². The third-order valence-corrected chi connectivity index (χ3v) is 5.18. The Morgan fingerprint density at radius 2 is 2.00 bits per heavy atom. The third-order valence-electron chi connectivity index (χ3n) is 4.59. The number of aryl methyl sites for hydroxylation is 1. The summed E-state index contributed by atoms with van der Waals surface area (Å²) in [5, 5.41) is 3.56. The molecule has 2 unspecified atom stereocenters. The monoisotopic (exact) mass is 337 g/mol. The lowest BCUT2D eigenvalue weighted by atomic mass is 10.1. The van der Waals surface area contributed by atoms with Gasteiger partial charge in [-0.3, -0.25) is 9.52 Å². The highest BCUT2D eigenvalue weighted by Crippen LogP contribution is 2.23. The van der Waals surface area contributed by atoms with Crippen LogP contribution in [0.1, 0.15) is 35.2 Å². The summed E-state index contributed by atoms with van der Waals surface area (Å²) >= 11 is 0. The first-order chi connectivity index (χ1) is 10.8. The van der Waals surface area contributed by atoms with Gasteiger partial charge in [0.25, 0.3) is 5.91 Å². The van der Waals surface area contributed by atoms with Crippen molar-refractivity contribution in [3.63, 3.8) is 0 Å². The van der Waals surface area contributed by atoms with Crippen LogP contribution in [0.2, 0.25) is 0 Å². The topological polar surface area (TPSA) is 78.5 Å². The summed E-state index contributed by atoms with van der Waals surface area (Å²) in [6, 6.07) is 6.09. The fourth-order valence-electron chi connectivity index (χ4n) is 3.37. The minimum absolute atomic E-state index is 0.0316. The quantitative estimate of drug-likeness (QED) is 0.872. The van der Waals surface area contributed by atoms with Gasteiger partial charge >= 0.3 is 0 Å². The number of rotatable bonds is 3. The summed E-state index contributed by atoms with van der Waals surface area (Å²) in [7, 11) is -3.36. The van der Waals surface area contributed by atoms with Gasteiger partial charge in [-0.1, -0.05) is 6.07 Å². The second-order valence-electron chi connectivity index (χ2n) is 6.58. The molecular weight excluding hydrogens is 314 g/mol. The van der Waals surface area contributed by atoms with Crippen LogP contribution in [0.25, 0.3) is 0 Å². The second-order valence-corrected chi connectivity index (χ2v) is 8.33. The van der Waals surface area contributed by atoms with Crippen LogP contribution in [-0.4, -0.2) is 50.7 Å². The number of carbonyl (C=O) groups is 1. The molecule has 1 aromatic rings. The zero-order valence-corrected chi connectivity index (χ0v) is 14.3. The van der Waals surface area contributed by atoms with E-state index in [0.29, 0.717) is 23.3 Å². The van der Waals surface area contributed by atoms with Crippen molar-refractivity contribution in [2.75, 3.05) is 24.1 Å². The van der Waals surface area contributed by atoms with E-state index >= 15 is 0 Å². The summed E-state index contributed by atoms with van der Waals surface area (Å²) in [4.78, 5) is 14.7. The second kappa shape index (κ2) is 6.13. The van der Waals surface area contributed by atoms with E-state index in [1.807, 2.05) is 11.8 Å². The maximum absolute atomic E-state index is 12.8. The maximum atomic E-state index is 12.8. The number of nitrogens with one attached hydrogen (secondary N) is 2. The molecule has 2 atom stereocenters. The van der Waals surface area contributed by atoms with Crippen molar-refractivity contribution in [3.8, 4) is 0 Å². The molecule has 3 rings (SSSR count). The van der Waals surface area contributed by atoms with Crippen LogP contribution >= 0.6 is 0 Å². The Labute approximate surface area is 137 Å². The zero-order valence-electron chi connectivity index (χ0n) is 13.5. The standard InChI is InChI=1S/C16H23N3O3S/c1-11-3-4-12(9-15(11)18-23(2,21)22)16(20)19-8-7-13-5-6-14(10-19)17-13/h3-4,9,13-14,17-18H,5-8,10H2,1-2H3. The molecule has 2 fully saturated rings. The molecule has 2 aliphatic heterocycles. The Hall–Kier alpha value is -1.60. The molecule has 0 saturated carbocycles. The van der Waals surface area contributed by atoms with E-state index in [-0.39, 0.29) is 5.91 Å². The smallest absolute Gasteiger partial charge is 0.253 e. The summed E-state index contributed by atoms with van der Waals surface area (Å²) in [5.74, 6) is -0.0316. The van der Waals surface area contributed by atoms with Crippen molar-refractivity contribution in [1.82, 2.24) is 10.2 Å². The number of nitrogens with zero attached hydrogens (tertiary/aromatic N) is 1. The number of amides is 1. The number of fused-ring (bicyclic) bond motifs is 2. The average Bonchev–Trinajstić information content (AvgIpc) is 2.78. The van der Waals surface area contributed by atoms with Gasteiger partial charge in [0.05, 0.1) is 11.9 Å². The molecule has 1 aromatic carbocycles. The Kier molecular flexibility index (Phi) is 4.33. The first kappa shape index (κ1) is 16.3. The molecule has 0 aromatic heterocycles. The minimum Gasteiger partial charge on any atom is -0.337 e. The number of sulfonamides is 1. The fraction of sp³-hybridized carbons (Fsp3) is 0.562. The van der Waals surface area contributed by atoms with E-state index in [1.165, 1.54) is 6.42 Å². The van der Waals surface area contributed by atoms with Crippen molar-refractivity contribution in [3.05, 3.63) is 29.3 Å². The van der Waals surface area contributed by atoms with Crippen LogP contribution in [0.3, 0.4) is 0 Å². The molecule has 6 nitrogen and oxygen atoms in total. The van der Waals surface area contributed by atoms with E-state index in [1.54, 1.807) is 18.2 Å². The number of benzene rings is 1. The molecular formula is C16H23N3O3S. The maximum Gasteiger partial charge on any atom is 0.253 e. The van der Waals surface area contributed by atoms with Crippen molar-refractivity contribution in [2.45, 2.75) is 38.3 Å². The van der Waals surface area contributed by atoms with Crippen molar-refractivity contribution in [2.24, 2.45) is 0 Å². The molecule has 126 valence electrons. The molecule has 0 aliphatic carbocycles. The highest BCUT2D eigenvalue weighted by molar-refractivity contribution is 7.92. The van der Waals surface area contributed by atoms with Crippen LogP contribution in [-0.2, 0) is 10.0 Å². The lowest BCUT2D eigenvalue weighted by Crippen LogP contribution is -2.39. The Bertz CT molecular complexity index is 717. The van der Waals surface area contributed by atoms with E-state index in [0.717, 1.165) is 37.8 Å². The molecule has 0 radical (unpaired) electrons. The number of carbonyl (C=O) groups excluding carboxylic acids is 1. The number of hydrogen-bond donors (Lipinski definition) is 2. The summed E-state index contributed by atoms with van der Waals surface area (Å²) in [6.45, 7) is 3.28. The molecule has 2 aliphatic rings. The lowest BCUT2D eigenvalue weighted by molar-refractivity contribution is 0.0748. The minimum atomic E-state index is -3.36. The molecule has 2 N–H and O–H groups in total. The Morgan fingerprint density at radius 1 is 1.26 bits per heavy atom. The average molecular weight is 337 g/mol. The van der Waals surface area contributed by atoms with Gasteiger partial charge < -0.3 is 10.2 Å². The van der Waals surface area contributed by atoms with E-state index < -0.39 is 10.0 Å². The predicted octanol–water partition coefficient (Wildman–Crippen LogP) is 1.33. The van der Waals surface area contributed by atoms with Gasteiger partial charge in [-0.15, -0.1) is 0 Å². The molecule has 2 heterocycles. The van der Waals surface area contributed by atoms with Crippen LogP contribution in [0.4, 0.5) is 5.69 Å². The van der Waals surface area contributed by atoms with E-state index in [9.17, 15) is 13.2 Å². The third kappa shape index (κ3) is 3.84. The summed E-state index contributed by atoms with van der Waals surface area (Å²) < 4.78 is 25.4. The molecule has 2 saturated heterocycles. The Morgan fingerprint density at radius 3 is 2.74 bits per heavy atom. The predicted molar refractivity (Wildman–Crippen MR) is 90.1 cm³/mol. The highest BCUT2D eigenvalue weighted by Gasteiger charge is 2.31. The van der Waals surface area contributed by atoms with Crippen LogP contribution in [0.5, 0.6) is 0 Å². The molecule has 7 heteroatoms. The zero-order chi connectivity index (χ0) is 16.6. The normalized spacial score (nSPS) is 24.3. The highest BCUT2D eigenvalue weighted by atomic mass is 32.2. The largest absolute Gasteiger partial charge is 0.337 e. The first-order valence-electron chi connectivity index (χ1n) is 7.95.